The number of sulfonamides is 1. The van der Waals surface area contributed by atoms with Crippen molar-refractivity contribution in [2.45, 2.75) is 174 Å². The molecule has 9 aliphatic rings. The fraction of sp³-hybridized carbons (Fsp3) is 0.542. The Kier molecular flexibility index (Phi) is 25.3. The van der Waals surface area contributed by atoms with Crippen LogP contribution in [-0.4, -0.2) is 160 Å². The lowest BCUT2D eigenvalue weighted by atomic mass is 9.47. The highest BCUT2D eigenvalue weighted by atomic mass is 35.5. The van der Waals surface area contributed by atoms with Gasteiger partial charge in [0.25, 0.3) is 5.91 Å². The Bertz CT molecular complexity index is 4370. The maximum absolute atomic E-state index is 13.8. The van der Waals surface area contributed by atoms with E-state index in [9.17, 15) is 51.5 Å². The summed E-state index contributed by atoms with van der Waals surface area (Å²) >= 11 is 6.79. The second-order valence-electron chi connectivity index (χ2n) is 32.0. The monoisotopic (exact) mass is 1530 g/mol. The van der Waals surface area contributed by atoms with E-state index in [2.05, 4.69) is 57.2 Å². The van der Waals surface area contributed by atoms with Crippen molar-refractivity contribution in [3.63, 3.8) is 0 Å². The number of Topliss-reactive ketones (excluding diaryl/α,β-unsaturated/α-hetero) is 2. The molecule has 0 radical (unpaired) electrons. The Labute approximate surface area is 638 Å². The summed E-state index contributed by atoms with van der Waals surface area (Å²) < 4.78 is 83.3. The number of amides is 2. The smallest absolute Gasteiger partial charge is 0.405 e. The second kappa shape index (κ2) is 33.0. The number of hydrogen-bond donors (Lipinski definition) is 3. The predicted octanol–water partition coefficient (Wildman–Crippen LogP) is 12.0. The molecule has 584 valence electrons. The van der Waals surface area contributed by atoms with Crippen molar-refractivity contribution in [1.82, 2.24) is 19.4 Å². The molecule has 4 N–H and O–H groups in total. The summed E-state index contributed by atoms with van der Waals surface area (Å²) in [5.74, 6) is -1.42. The van der Waals surface area contributed by atoms with Crippen LogP contribution in [0.15, 0.2) is 147 Å². The molecule has 2 bridgehead atoms. The molecule has 0 unspecified atom stereocenters. The summed E-state index contributed by atoms with van der Waals surface area (Å²) in [7, 11) is 2.14. The van der Waals surface area contributed by atoms with E-state index in [-0.39, 0.29) is 92.3 Å². The second-order valence-corrected chi connectivity index (χ2v) is 34.4. The van der Waals surface area contributed by atoms with E-state index in [4.69, 9.17) is 50.5 Å². The number of rotatable bonds is 14. The van der Waals surface area contributed by atoms with E-state index in [1.807, 2.05) is 36.0 Å². The highest BCUT2D eigenvalue weighted by Crippen LogP contribution is 2.72. The van der Waals surface area contributed by atoms with E-state index >= 15 is 0 Å². The lowest BCUT2D eigenvalue weighted by Crippen LogP contribution is -2.58. The van der Waals surface area contributed by atoms with Gasteiger partial charge in [-0.25, -0.2) is 22.3 Å². The Balaban J connectivity index is 0.000000175. The van der Waals surface area contributed by atoms with E-state index < -0.39 is 74.9 Å². The van der Waals surface area contributed by atoms with Gasteiger partial charge in [-0.05, 0) is 184 Å². The quantitative estimate of drug-likeness (QED) is 0.0585. The number of aliphatic hydroxyl groups excluding tert-OH is 1. The lowest BCUT2D eigenvalue weighted by Gasteiger charge is -2.57. The first-order valence-corrected chi connectivity index (χ1v) is 38.9. The summed E-state index contributed by atoms with van der Waals surface area (Å²) in [6.07, 6.45) is 16.9. The molecule has 2 amide bonds. The number of nitrogens with two attached hydrogens (primary N) is 1. The molecule has 0 spiro atoms. The van der Waals surface area contributed by atoms with Crippen LogP contribution >= 0.6 is 11.6 Å². The number of allylic oxidation sites excluding steroid dienone is 8. The van der Waals surface area contributed by atoms with E-state index in [0.717, 1.165) is 65.4 Å². The van der Waals surface area contributed by atoms with Gasteiger partial charge >= 0.3 is 12.1 Å². The standard InChI is InChI=1S/C30H36FN3O4S.C29H40N2O9.C24H29ClO4/c1-29(2,3)23-5-11-27(12-6-23)39(35,36)33-14-13-24-17-28-22(18-30(24,20-33)21-38-16-15-37-4)19-32-34(28)26-9-7-25(31)8-10-26;1-15-11-19-25(34)20(14-21(32)27(19)39-7)31-28(35)16(2)9-8-10-22(37-5)26(40-29(30)36)18(4)13-17(3)24(33)23(12-15)38-6;1-12(26)24(29-13(2)27)8-6-16-14-10-20(25)19-11-21(28)15-9-18(15)23(19,4)17(14)5-7-22(16,24)3/h5-12,17,19H,13-16,18,20-21H2,1-4H3;8-10,13-15,17,22-24,26,33H,11-12H2,1-7H3,(H2,30,36)(H,31,35);10-11,14-18H,5-9H2,1-4H3/b;10-8+,16-9+,18-13+;/t30-;15-,17+,22+,23+,24-,26+;14-,15+,16-,17-,18-,22-,23-,24-/m110/s1. The number of aromatic nitrogens is 2. The van der Waals surface area contributed by atoms with Gasteiger partial charge in [-0.3, -0.25) is 28.8 Å². The van der Waals surface area contributed by atoms with Crippen molar-refractivity contribution >= 4 is 68.8 Å². The van der Waals surface area contributed by atoms with Gasteiger partial charge in [-0.1, -0.05) is 108 Å². The summed E-state index contributed by atoms with van der Waals surface area (Å²) in [5, 5.41) is 19.0. The molecule has 4 fully saturated rings. The summed E-state index contributed by atoms with van der Waals surface area (Å²) in [6.45, 7) is 22.6. The number of benzene rings is 2. The molecule has 7 aliphatic carbocycles. The highest BCUT2D eigenvalue weighted by molar-refractivity contribution is 7.89. The van der Waals surface area contributed by atoms with Gasteiger partial charge in [0.05, 0.1) is 67.3 Å². The van der Waals surface area contributed by atoms with Crippen molar-refractivity contribution in [3.05, 3.63) is 164 Å². The van der Waals surface area contributed by atoms with Crippen LogP contribution in [0.3, 0.4) is 0 Å². The molecular formula is C83H105ClFN5O17S. The maximum atomic E-state index is 13.8. The van der Waals surface area contributed by atoms with Crippen molar-refractivity contribution in [2.75, 3.05) is 61.3 Å². The van der Waals surface area contributed by atoms with Gasteiger partial charge in [0.1, 0.15) is 11.9 Å². The van der Waals surface area contributed by atoms with Crippen LogP contribution in [0.25, 0.3) is 11.8 Å². The molecule has 25 heteroatoms. The maximum Gasteiger partial charge on any atom is 0.405 e. The zero-order valence-electron chi connectivity index (χ0n) is 64.6. The number of nitrogens with zero attached hydrogens (tertiary/aromatic N) is 3. The third-order valence-electron chi connectivity index (χ3n) is 24.2. The number of aliphatic hydroxyl groups is 1. The van der Waals surface area contributed by atoms with Crippen LogP contribution in [0.4, 0.5) is 9.18 Å². The highest BCUT2D eigenvalue weighted by Gasteiger charge is 2.70. The van der Waals surface area contributed by atoms with Crippen molar-refractivity contribution < 1.29 is 84.6 Å². The normalized spacial score (nSPS) is 32.6. The van der Waals surface area contributed by atoms with Gasteiger partial charge in [-0.15, -0.1) is 0 Å². The number of piperidine rings is 1. The average Bonchev–Trinajstić information content (AvgIpc) is 1.50. The molecule has 108 heavy (non-hydrogen) atoms. The molecule has 1 aromatic heterocycles. The Morgan fingerprint density at radius 3 is 2.20 bits per heavy atom. The first-order valence-electron chi connectivity index (χ1n) is 37.1. The molecule has 3 saturated carbocycles. The van der Waals surface area contributed by atoms with Gasteiger partial charge in [0, 0.05) is 91.7 Å². The first kappa shape index (κ1) is 82.7. The number of halogens is 2. The van der Waals surface area contributed by atoms with Crippen molar-refractivity contribution in [3.8, 4) is 5.69 Å². The van der Waals surface area contributed by atoms with Crippen LogP contribution in [0.2, 0.25) is 0 Å². The number of esters is 1. The minimum atomic E-state index is -3.70. The number of methoxy groups -OCH3 is 4. The van der Waals surface area contributed by atoms with E-state index in [1.54, 1.807) is 74.7 Å². The minimum Gasteiger partial charge on any atom is -0.492 e. The Hall–Kier alpha value is -7.81. The number of carbonyl (C=O) groups excluding carboxylic acids is 7. The zero-order chi connectivity index (χ0) is 78.9. The molecule has 3 heterocycles. The molecule has 12 rings (SSSR count). The number of nitrogens with one attached hydrogen (secondary N) is 1. The summed E-state index contributed by atoms with van der Waals surface area (Å²) in [4.78, 5) is 88.0. The number of ether oxygens (including phenoxy) is 7. The van der Waals surface area contributed by atoms with Crippen molar-refractivity contribution in [1.29, 1.82) is 0 Å². The van der Waals surface area contributed by atoms with E-state index in [1.165, 1.54) is 53.4 Å². The van der Waals surface area contributed by atoms with Crippen molar-refractivity contribution in [2.24, 2.45) is 63.4 Å². The number of fused-ring (bicyclic) bond motifs is 11. The molecule has 2 aromatic carbocycles. The van der Waals surface area contributed by atoms with E-state index in [0.29, 0.717) is 85.9 Å². The Morgan fingerprint density at radius 1 is 0.880 bits per heavy atom. The molecule has 3 aromatic rings. The van der Waals surface area contributed by atoms with Crippen LogP contribution in [0.5, 0.6) is 0 Å². The fourth-order valence-corrected chi connectivity index (χ4v) is 20.2. The third kappa shape index (κ3) is 16.5. The Morgan fingerprint density at radius 2 is 1.57 bits per heavy atom. The molecular weight excluding hydrogens is 1430 g/mol. The third-order valence-corrected chi connectivity index (χ3v) is 26.4. The fourth-order valence-electron chi connectivity index (χ4n) is 18.3. The first-order chi connectivity index (χ1) is 50.9. The lowest BCUT2D eigenvalue weighted by molar-refractivity contribution is -0.185. The largest absolute Gasteiger partial charge is 0.492 e. The van der Waals surface area contributed by atoms with Gasteiger partial charge in [0.2, 0.25) is 21.6 Å². The molecule has 2 aliphatic heterocycles. The molecule has 22 nitrogen and oxygen atoms in total. The van der Waals surface area contributed by atoms with Crippen LogP contribution < -0.4 is 11.1 Å². The number of primary amides is 1. The topological polar surface area (TPSA) is 298 Å². The molecule has 1 saturated heterocycles. The number of carbonyl (C=O) groups is 7. The predicted molar refractivity (Wildman–Crippen MR) is 404 cm³/mol. The average molecular weight is 1530 g/mol. The van der Waals surface area contributed by atoms with Crippen LogP contribution in [0.1, 0.15) is 144 Å². The summed E-state index contributed by atoms with van der Waals surface area (Å²) in [6, 6.07) is 13.5. The SMILES string of the molecule is CC(=O)O[C@]1(C(C)=O)CC[C@H]2[C@@H]3C=C(Cl)C4=CC(=O)[C@@H]5C[C@@H]5[C@]4(C)[C@H]3CC[C@@]21C.COC1=C2C[C@@H](C)C[C@H](OC)[C@H](O)[C@@H](C)/C=C(\C)[C@H](OC(N)=O)[C@@H](OC)/C=C/C=C(\C)C(=O)NC(=CC1=O)C2=O.COCCOC[C@]12Cc3cnn(-c4ccc(F)cc4)c3C=C1CCN(S(=O)(=O)c1ccc(C(C)(C)C)cc1)C2. The zero-order valence-corrected chi connectivity index (χ0v) is 66.2. The summed E-state index contributed by atoms with van der Waals surface area (Å²) in [5.41, 5.74) is 10.0. The number of ketones is 4. The van der Waals surface area contributed by atoms with Crippen LogP contribution in [-0.2, 0) is 83.8 Å². The molecule has 15 atom stereocenters. The van der Waals surface area contributed by atoms with Gasteiger partial charge in [0.15, 0.2) is 29.0 Å². The minimum absolute atomic E-state index is 0.0423. The number of hydrogen-bond acceptors (Lipinski definition) is 18. The van der Waals surface area contributed by atoms with Crippen LogP contribution in [0, 0.1) is 63.5 Å². The van der Waals surface area contributed by atoms with Gasteiger partial charge in [-0.2, -0.15) is 9.40 Å². The van der Waals surface area contributed by atoms with Gasteiger partial charge < -0.3 is 49.3 Å².